The molecule has 2 rings (SSSR count). The lowest BCUT2D eigenvalue weighted by atomic mass is 9.96. The number of thioether (sulfide) groups is 1. The molecule has 1 heterocycles. The van der Waals surface area contributed by atoms with E-state index in [1.807, 2.05) is 13.8 Å². The van der Waals surface area contributed by atoms with Crippen molar-refractivity contribution >= 4 is 11.8 Å². The van der Waals surface area contributed by atoms with Crippen LogP contribution in [0, 0.1) is 13.8 Å². The number of nitrogens with two attached hydrogens (primary N) is 1. The molecular weight excluding hydrogens is 208 g/mol. The summed E-state index contributed by atoms with van der Waals surface area (Å²) in [4.78, 5) is 4.39. The zero-order chi connectivity index (χ0) is 10.8. The summed E-state index contributed by atoms with van der Waals surface area (Å²) in [7, 11) is 0. The van der Waals surface area contributed by atoms with Gasteiger partial charge in [0.05, 0.1) is 5.69 Å². The van der Waals surface area contributed by atoms with Crippen molar-refractivity contribution < 1.29 is 4.42 Å². The highest BCUT2D eigenvalue weighted by Crippen LogP contribution is 2.33. The van der Waals surface area contributed by atoms with Crippen LogP contribution in [0.5, 0.6) is 0 Å². The lowest BCUT2D eigenvalue weighted by Gasteiger charge is -2.24. The summed E-state index contributed by atoms with van der Waals surface area (Å²) < 4.78 is 5.56. The first kappa shape index (κ1) is 11.0. The Morgan fingerprint density at radius 3 is 2.47 bits per heavy atom. The van der Waals surface area contributed by atoms with E-state index in [-0.39, 0.29) is 0 Å². The highest BCUT2D eigenvalue weighted by Gasteiger charge is 2.21. The van der Waals surface area contributed by atoms with Gasteiger partial charge in [0.25, 0.3) is 5.22 Å². The van der Waals surface area contributed by atoms with Crippen molar-refractivity contribution in [3.05, 3.63) is 11.5 Å². The van der Waals surface area contributed by atoms with E-state index >= 15 is 0 Å². The minimum absolute atomic E-state index is 0.412. The fraction of sp³-hybridized carbons (Fsp3) is 0.727. The molecule has 3 nitrogen and oxygen atoms in total. The Morgan fingerprint density at radius 1 is 1.27 bits per heavy atom. The Kier molecular flexibility index (Phi) is 3.36. The van der Waals surface area contributed by atoms with Gasteiger partial charge < -0.3 is 10.2 Å². The Labute approximate surface area is 94.8 Å². The minimum Gasteiger partial charge on any atom is -0.437 e. The fourth-order valence-corrected chi connectivity index (χ4v) is 3.00. The van der Waals surface area contributed by atoms with Crippen molar-refractivity contribution in [3.63, 3.8) is 0 Å². The van der Waals surface area contributed by atoms with Gasteiger partial charge in [-0.1, -0.05) is 11.8 Å². The summed E-state index contributed by atoms with van der Waals surface area (Å²) in [5, 5.41) is 1.47. The molecule has 0 atom stereocenters. The summed E-state index contributed by atoms with van der Waals surface area (Å²) >= 11 is 1.77. The van der Waals surface area contributed by atoms with Crippen molar-refractivity contribution in [2.75, 3.05) is 0 Å². The molecule has 0 aromatic carbocycles. The average Bonchev–Trinajstić information content (AvgIpc) is 2.50. The number of rotatable bonds is 2. The third kappa shape index (κ3) is 2.75. The van der Waals surface area contributed by atoms with Crippen LogP contribution in [0.2, 0.25) is 0 Å². The molecule has 1 saturated carbocycles. The van der Waals surface area contributed by atoms with E-state index in [1.165, 1.54) is 12.8 Å². The molecule has 4 heteroatoms. The average molecular weight is 226 g/mol. The van der Waals surface area contributed by atoms with Crippen LogP contribution in [-0.2, 0) is 0 Å². The molecule has 1 aromatic rings. The van der Waals surface area contributed by atoms with Gasteiger partial charge in [0.2, 0.25) is 0 Å². The van der Waals surface area contributed by atoms with Gasteiger partial charge in [-0.15, -0.1) is 0 Å². The predicted octanol–water partition coefficient (Wildman–Crippen LogP) is 2.65. The highest BCUT2D eigenvalue weighted by molar-refractivity contribution is 7.99. The molecule has 1 aliphatic rings. The molecule has 1 fully saturated rings. The second-order valence-electron chi connectivity index (χ2n) is 4.28. The summed E-state index contributed by atoms with van der Waals surface area (Å²) in [6.45, 7) is 3.95. The summed E-state index contributed by atoms with van der Waals surface area (Å²) in [6, 6.07) is 0.412. The van der Waals surface area contributed by atoms with Crippen molar-refractivity contribution in [2.45, 2.75) is 56.0 Å². The smallest absolute Gasteiger partial charge is 0.256 e. The molecule has 0 saturated heterocycles. The molecule has 0 bridgehead atoms. The fourth-order valence-electron chi connectivity index (χ4n) is 1.84. The molecule has 0 unspecified atom stereocenters. The van der Waals surface area contributed by atoms with Crippen molar-refractivity contribution in [1.29, 1.82) is 0 Å². The normalized spacial score (nSPS) is 26.9. The maximum atomic E-state index is 5.87. The molecular formula is C11H18N2OS. The number of hydrogen-bond acceptors (Lipinski definition) is 4. The Balaban J connectivity index is 1.91. The van der Waals surface area contributed by atoms with E-state index < -0.39 is 0 Å². The molecule has 0 radical (unpaired) electrons. The van der Waals surface area contributed by atoms with Gasteiger partial charge in [0, 0.05) is 11.3 Å². The van der Waals surface area contributed by atoms with Gasteiger partial charge in [-0.3, -0.25) is 0 Å². The zero-order valence-corrected chi connectivity index (χ0v) is 10.1. The van der Waals surface area contributed by atoms with Gasteiger partial charge >= 0.3 is 0 Å². The summed E-state index contributed by atoms with van der Waals surface area (Å²) in [6.07, 6.45) is 4.64. The first-order valence-electron chi connectivity index (χ1n) is 5.51. The van der Waals surface area contributed by atoms with Gasteiger partial charge in [-0.05, 0) is 39.5 Å². The molecule has 1 aromatic heterocycles. The lowest BCUT2D eigenvalue weighted by Crippen LogP contribution is -2.27. The van der Waals surface area contributed by atoms with Crippen molar-refractivity contribution in [3.8, 4) is 0 Å². The van der Waals surface area contributed by atoms with Crippen LogP contribution in [0.15, 0.2) is 9.64 Å². The largest absolute Gasteiger partial charge is 0.437 e. The predicted molar refractivity (Wildman–Crippen MR) is 62.1 cm³/mol. The summed E-state index contributed by atoms with van der Waals surface area (Å²) in [5.74, 6) is 0.935. The van der Waals surface area contributed by atoms with Crippen LogP contribution in [-0.4, -0.2) is 16.3 Å². The van der Waals surface area contributed by atoms with Crippen molar-refractivity contribution in [1.82, 2.24) is 4.98 Å². The van der Waals surface area contributed by atoms with Crippen molar-refractivity contribution in [2.24, 2.45) is 5.73 Å². The molecule has 0 spiro atoms. The quantitative estimate of drug-likeness (QED) is 0.842. The third-order valence-electron chi connectivity index (χ3n) is 3.00. The number of nitrogens with zero attached hydrogens (tertiary/aromatic N) is 1. The highest BCUT2D eigenvalue weighted by atomic mass is 32.2. The SMILES string of the molecule is Cc1nc(SC2CCC(N)CC2)oc1C. The number of aryl methyl sites for hydroxylation is 2. The minimum atomic E-state index is 0.412. The van der Waals surface area contributed by atoms with E-state index in [2.05, 4.69) is 4.98 Å². The van der Waals surface area contributed by atoms with E-state index in [4.69, 9.17) is 10.2 Å². The second-order valence-corrected chi connectivity index (χ2v) is 5.53. The first-order chi connectivity index (χ1) is 7.15. The lowest BCUT2D eigenvalue weighted by molar-refractivity contribution is 0.420. The Hall–Kier alpha value is -0.480. The number of hydrogen-bond donors (Lipinski definition) is 1. The van der Waals surface area contributed by atoms with E-state index in [0.717, 1.165) is 29.5 Å². The van der Waals surface area contributed by atoms with Crippen LogP contribution in [0.1, 0.15) is 37.1 Å². The first-order valence-corrected chi connectivity index (χ1v) is 6.39. The van der Waals surface area contributed by atoms with Crippen LogP contribution in [0.3, 0.4) is 0 Å². The van der Waals surface area contributed by atoms with Crippen LogP contribution in [0.25, 0.3) is 0 Å². The molecule has 0 aliphatic heterocycles. The van der Waals surface area contributed by atoms with E-state index in [1.54, 1.807) is 11.8 Å². The second kappa shape index (κ2) is 4.58. The standard InChI is InChI=1S/C11H18N2OS/c1-7-8(2)14-11(13-7)15-10-5-3-9(12)4-6-10/h9-10H,3-6,12H2,1-2H3. The third-order valence-corrected chi connectivity index (χ3v) is 4.18. The monoisotopic (exact) mass is 226 g/mol. The molecule has 0 amide bonds. The molecule has 2 N–H and O–H groups in total. The van der Waals surface area contributed by atoms with Crippen LogP contribution >= 0.6 is 11.8 Å². The number of aromatic nitrogens is 1. The van der Waals surface area contributed by atoms with Gasteiger partial charge in [0.1, 0.15) is 5.76 Å². The summed E-state index contributed by atoms with van der Waals surface area (Å²) in [5.41, 5.74) is 6.87. The van der Waals surface area contributed by atoms with E-state index in [9.17, 15) is 0 Å². The van der Waals surface area contributed by atoms with Gasteiger partial charge in [-0.25, -0.2) is 4.98 Å². The topological polar surface area (TPSA) is 52.0 Å². The molecule has 84 valence electrons. The van der Waals surface area contributed by atoms with Crippen LogP contribution < -0.4 is 5.73 Å². The molecule has 1 aliphatic carbocycles. The van der Waals surface area contributed by atoms with Gasteiger partial charge in [-0.2, -0.15) is 0 Å². The Bertz CT molecular complexity index is 310. The maximum Gasteiger partial charge on any atom is 0.256 e. The van der Waals surface area contributed by atoms with Gasteiger partial charge in [0.15, 0.2) is 0 Å². The van der Waals surface area contributed by atoms with Crippen LogP contribution in [0.4, 0.5) is 0 Å². The Morgan fingerprint density at radius 2 is 1.93 bits per heavy atom. The zero-order valence-electron chi connectivity index (χ0n) is 9.32. The molecule has 15 heavy (non-hydrogen) atoms. The maximum absolute atomic E-state index is 5.87. The van der Waals surface area contributed by atoms with E-state index in [0.29, 0.717) is 11.3 Å². The number of oxazole rings is 1.